The van der Waals surface area contributed by atoms with Crippen LogP contribution in [0.4, 0.5) is 0 Å². The second-order valence-electron chi connectivity index (χ2n) is 4.35. The number of nitriles is 1. The summed E-state index contributed by atoms with van der Waals surface area (Å²) in [5.41, 5.74) is 0. The lowest BCUT2D eigenvalue weighted by atomic mass is 10.1. The summed E-state index contributed by atoms with van der Waals surface area (Å²) >= 11 is 0. The highest BCUT2D eigenvalue weighted by Crippen LogP contribution is 2.25. The standard InChI is InChI=1S/C16H18N2O/c1-2-18-14(12-17)10-11-19-16-9-5-7-13-6-3-4-8-15(13)16/h3-9,14,18H,2,10-11H2,1H3. The zero-order chi connectivity index (χ0) is 13.5. The Balaban J connectivity index is 2.00. The molecule has 0 aromatic heterocycles. The SMILES string of the molecule is CCNC(C#N)CCOc1cccc2ccccc12. The van der Waals surface area contributed by atoms with Gasteiger partial charge in [-0.3, -0.25) is 0 Å². The van der Waals surface area contributed by atoms with Crippen LogP contribution in [0.3, 0.4) is 0 Å². The van der Waals surface area contributed by atoms with E-state index in [1.54, 1.807) is 0 Å². The maximum absolute atomic E-state index is 8.96. The Hall–Kier alpha value is -2.05. The largest absolute Gasteiger partial charge is 0.493 e. The predicted octanol–water partition coefficient (Wildman–Crippen LogP) is 3.11. The fraction of sp³-hybridized carbons (Fsp3) is 0.312. The van der Waals surface area contributed by atoms with Crippen molar-refractivity contribution < 1.29 is 4.74 Å². The molecule has 0 heterocycles. The Kier molecular flexibility index (Phi) is 4.77. The van der Waals surface area contributed by atoms with Gasteiger partial charge in [-0.25, -0.2) is 0 Å². The molecule has 0 saturated carbocycles. The molecule has 1 atom stereocenters. The second-order valence-corrected chi connectivity index (χ2v) is 4.35. The monoisotopic (exact) mass is 254 g/mol. The molecule has 0 amide bonds. The maximum Gasteiger partial charge on any atom is 0.127 e. The number of hydrogen-bond acceptors (Lipinski definition) is 3. The lowest BCUT2D eigenvalue weighted by Gasteiger charge is -2.12. The van der Waals surface area contributed by atoms with E-state index in [1.807, 2.05) is 31.2 Å². The smallest absolute Gasteiger partial charge is 0.127 e. The van der Waals surface area contributed by atoms with Gasteiger partial charge in [0.15, 0.2) is 0 Å². The number of benzene rings is 2. The molecule has 0 fully saturated rings. The summed E-state index contributed by atoms with van der Waals surface area (Å²) in [4.78, 5) is 0. The Morgan fingerprint density at radius 1 is 1.21 bits per heavy atom. The Bertz CT molecular complexity index is 569. The molecule has 2 aromatic rings. The van der Waals surface area contributed by atoms with Crippen LogP contribution >= 0.6 is 0 Å². The van der Waals surface area contributed by atoms with Crippen LogP contribution < -0.4 is 10.1 Å². The van der Waals surface area contributed by atoms with Gasteiger partial charge in [0.2, 0.25) is 0 Å². The summed E-state index contributed by atoms with van der Waals surface area (Å²) in [6.07, 6.45) is 0.688. The highest BCUT2D eigenvalue weighted by Gasteiger charge is 2.06. The second kappa shape index (κ2) is 6.77. The van der Waals surface area contributed by atoms with E-state index >= 15 is 0 Å². The van der Waals surface area contributed by atoms with E-state index in [1.165, 1.54) is 5.39 Å². The lowest BCUT2D eigenvalue weighted by molar-refractivity contribution is 0.302. The molecule has 0 spiro atoms. The molecule has 0 radical (unpaired) electrons. The van der Waals surface area contributed by atoms with Crippen molar-refractivity contribution in [3.05, 3.63) is 42.5 Å². The first kappa shape index (κ1) is 13.4. The molecule has 3 nitrogen and oxygen atoms in total. The van der Waals surface area contributed by atoms with E-state index in [-0.39, 0.29) is 6.04 Å². The Labute approximate surface area is 113 Å². The minimum atomic E-state index is -0.139. The normalized spacial score (nSPS) is 12.0. The van der Waals surface area contributed by atoms with Gasteiger partial charge in [-0.05, 0) is 18.0 Å². The predicted molar refractivity (Wildman–Crippen MR) is 77.1 cm³/mol. The zero-order valence-electron chi connectivity index (χ0n) is 11.1. The van der Waals surface area contributed by atoms with Crippen molar-refractivity contribution in [2.75, 3.05) is 13.2 Å². The van der Waals surface area contributed by atoms with Gasteiger partial charge in [0.1, 0.15) is 5.75 Å². The van der Waals surface area contributed by atoms with Crippen LogP contribution in [-0.2, 0) is 0 Å². The van der Waals surface area contributed by atoms with Gasteiger partial charge in [0.05, 0.1) is 18.7 Å². The molecular weight excluding hydrogens is 236 g/mol. The highest BCUT2D eigenvalue weighted by atomic mass is 16.5. The van der Waals surface area contributed by atoms with Crippen LogP contribution in [0.2, 0.25) is 0 Å². The number of nitrogens with one attached hydrogen (secondary N) is 1. The van der Waals surface area contributed by atoms with E-state index in [0.29, 0.717) is 13.0 Å². The van der Waals surface area contributed by atoms with Gasteiger partial charge in [0, 0.05) is 11.8 Å². The molecule has 0 aliphatic carbocycles. The van der Waals surface area contributed by atoms with Crippen LogP contribution in [0.5, 0.6) is 5.75 Å². The van der Waals surface area contributed by atoms with E-state index in [0.717, 1.165) is 17.7 Å². The van der Waals surface area contributed by atoms with E-state index in [4.69, 9.17) is 10.00 Å². The topological polar surface area (TPSA) is 45.0 Å². The van der Waals surface area contributed by atoms with Gasteiger partial charge >= 0.3 is 0 Å². The average molecular weight is 254 g/mol. The van der Waals surface area contributed by atoms with Crippen LogP contribution in [0.1, 0.15) is 13.3 Å². The summed E-state index contributed by atoms with van der Waals surface area (Å²) in [7, 11) is 0. The fourth-order valence-electron chi connectivity index (χ4n) is 2.07. The third kappa shape index (κ3) is 3.46. The summed E-state index contributed by atoms with van der Waals surface area (Å²) in [6, 6.07) is 16.3. The van der Waals surface area contributed by atoms with Gasteiger partial charge in [-0.15, -0.1) is 0 Å². The number of rotatable bonds is 6. The number of hydrogen-bond donors (Lipinski definition) is 1. The molecule has 0 bridgehead atoms. The van der Waals surface area contributed by atoms with Crippen molar-refractivity contribution in [1.29, 1.82) is 5.26 Å². The minimum absolute atomic E-state index is 0.139. The number of fused-ring (bicyclic) bond motifs is 1. The van der Waals surface area contributed by atoms with Crippen molar-refractivity contribution >= 4 is 10.8 Å². The maximum atomic E-state index is 8.96. The zero-order valence-corrected chi connectivity index (χ0v) is 11.1. The number of ether oxygens (including phenoxy) is 1. The molecular formula is C16H18N2O. The molecule has 2 aromatic carbocycles. The number of nitrogens with zero attached hydrogens (tertiary/aromatic N) is 1. The van der Waals surface area contributed by atoms with Crippen molar-refractivity contribution in [3.8, 4) is 11.8 Å². The summed E-state index contributed by atoms with van der Waals surface area (Å²) in [5.74, 6) is 0.881. The quantitative estimate of drug-likeness (QED) is 0.861. The first-order valence-corrected chi connectivity index (χ1v) is 6.58. The van der Waals surface area contributed by atoms with Crippen LogP contribution in [0.25, 0.3) is 10.8 Å². The van der Waals surface area contributed by atoms with Gasteiger partial charge in [-0.1, -0.05) is 43.3 Å². The minimum Gasteiger partial charge on any atom is -0.493 e. The molecule has 3 heteroatoms. The van der Waals surface area contributed by atoms with E-state index in [9.17, 15) is 0 Å². The first-order chi connectivity index (χ1) is 9.35. The third-order valence-electron chi connectivity index (χ3n) is 3.02. The lowest BCUT2D eigenvalue weighted by Crippen LogP contribution is -2.28. The van der Waals surface area contributed by atoms with Gasteiger partial charge in [0.25, 0.3) is 0 Å². The van der Waals surface area contributed by atoms with Crippen molar-refractivity contribution in [2.24, 2.45) is 0 Å². The molecule has 1 N–H and O–H groups in total. The Morgan fingerprint density at radius 2 is 2.00 bits per heavy atom. The molecule has 1 unspecified atom stereocenters. The molecule has 0 saturated heterocycles. The average Bonchev–Trinajstić information content (AvgIpc) is 2.46. The third-order valence-corrected chi connectivity index (χ3v) is 3.02. The van der Waals surface area contributed by atoms with Gasteiger partial charge < -0.3 is 10.1 Å². The van der Waals surface area contributed by atoms with Crippen LogP contribution in [-0.4, -0.2) is 19.2 Å². The molecule has 0 aliphatic heterocycles. The van der Waals surface area contributed by atoms with E-state index in [2.05, 4.69) is 29.6 Å². The molecule has 2 rings (SSSR count). The first-order valence-electron chi connectivity index (χ1n) is 6.58. The van der Waals surface area contributed by atoms with E-state index < -0.39 is 0 Å². The highest BCUT2D eigenvalue weighted by molar-refractivity contribution is 5.88. The molecule has 19 heavy (non-hydrogen) atoms. The van der Waals surface area contributed by atoms with Crippen LogP contribution in [0, 0.1) is 11.3 Å². The van der Waals surface area contributed by atoms with Crippen LogP contribution in [0.15, 0.2) is 42.5 Å². The molecule has 98 valence electrons. The van der Waals surface area contributed by atoms with Crippen molar-refractivity contribution in [1.82, 2.24) is 5.32 Å². The van der Waals surface area contributed by atoms with Gasteiger partial charge in [-0.2, -0.15) is 5.26 Å². The summed E-state index contributed by atoms with van der Waals surface area (Å²) in [5, 5.41) is 14.4. The van der Waals surface area contributed by atoms with Crippen molar-refractivity contribution in [3.63, 3.8) is 0 Å². The fourth-order valence-corrected chi connectivity index (χ4v) is 2.07. The molecule has 0 aliphatic rings. The van der Waals surface area contributed by atoms with Crippen molar-refractivity contribution in [2.45, 2.75) is 19.4 Å². The Morgan fingerprint density at radius 3 is 2.79 bits per heavy atom. The summed E-state index contributed by atoms with van der Waals surface area (Å²) in [6.45, 7) is 3.33. The summed E-state index contributed by atoms with van der Waals surface area (Å²) < 4.78 is 5.81.